The molecule has 0 radical (unpaired) electrons. The maximum atomic E-state index is 12.7. The van der Waals surface area contributed by atoms with Gasteiger partial charge in [-0.1, -0.05) is 29.8 Å². The van der Waals surface area contributed by atoms with Crippen molar-refractivity contribution in [2.24, 2.45) is 0 Å². The highest BCUT2D eigenvalue weighted by molar-refractivity contribution is 7.90. The summed E-state index contributed by atoms with van der Waals surface area (Å²) in [4.78, 5) is 0. The second-order valence-corrected chi connectivity index (χ2v) is 10.0. The van der Waals surface area contributed by atoms with E-state index in [9.17, 15) is 16.8 Å². The lowest BCUT2D eigenvalue weighted by Crippen LogP contribution is -2.50. The van der Waals surface area contributed by atoms with Crippen molar-refractivity contribution in [1.29, 1.82) is 0 Å². The van der Waals surface area contributed by atoms with Crippen LogP contribution < -0.4 is 10.0 Å². The topological polar surface area (TPSA) is 95.6 Å². The molecule has 0 spiro atoms. The summed E-state index contributed by atoms with van der Waals surface area (Å²) < 4.78 is 51.9. The van der Waals surface area contributed by atoms with Crippen LogP contribution in [0.2, 0.25) is 5.02 Å². The van der Waals surface area contributed by atoms with E-state index in [1.54, 1.807) is 12.1 Å². The molecule has 0 saturated carbocycles. The number of piperazine rings is 1. The molecule has 0 bridgehead atoms. The Balaban J connectivity index is 0.00000312. The van der Waals surface area contributed by atoms with Gasteiger partial charge in [-0.25, -0.2) is 21.6 Å². The fraction of sp³-hybridized carbons (Fsp3) is 0.571. The Morgan fingerprint density at radius 1 is 1.28 bits per heavy atom. The van der Waals surface area contributed by atoms with Crippen molar-refractivity contribution in [3.8, 4) is 0 Å². The van der Waals surface area contributed by atoms with Crippen LogP contribution in [0.25, 0.3) is 0 Å². The maximum Gasteiger partial charge on any atom is 0.216 e. The van der Waals surface area contributed by atoms with E-state index in [0.717, 1.165) is 5.56 Å². The summed E-state index contributed by atoms with van der Waals surface area (Å²) >= 11 is 6.22. The van der Waals surface area contributed by atoms with E-state index in [2.05, 4.69) is 10.0 Å². The smallest absolute Gasteiger partial charge is 0.216 e. The molecule has 1 aromatic carbocycles. The van der Waals surface area contributed by atoms with Gasteiger partial charge in [0.25, 0.3) is 0 Å². The number of nitrogens with zero attached hydrogens (tertiary/aromatic N) is 1. The van der Waals surface area contributed by atoms with Crippen molar-refractivity contribution in [1.82, 2.24) is 14.3 Å². The van der Waals surface area contributed by atoms with Gasteiger partial charge >= 0.3 is 0 Å². The van der Waals surface area contributed by atoms with Crippen molar-refractivity contribution >= 4 is 44.1 Å². The predicted octanol–water partition coefficient (Wildman–Crippen LogP) is 0.977. The number of hydrogen-bond acceptors (Lipinski definition) is 5. The molecule has 1 saturated heterocycles. The van der Waals surface area contributed by atoms with Crippen molar-refractivity contribution in [2.45, 2.75) is 13.0 Å². The number of hydrogen-bond donors (Lipinski definition) is 2. The van der Waals surface area contributed by atoms with Gasteiger partial charge in [-0.05, 0) is 18.6 Å². The molecule has 1 atom stereocenters. The van der Waals surface area contributed by atoms with Crippen LogP contribution in [0.3, 0.4) is 0 Å². The lowest BCUT2D eigenvalue weighted by molar-refractivity contribution is 0.271. The first-order chi connectivity index (χ1) is 11.3. The molecule has 2 N–H and O–H groups in total. The normalized spacial score (nSPS) is 19.4. The van der Waals surface area contributed by atoms with Gasteiger partial charge < -0.3 is 5.32 Å². The summed E-state index contributed by atoms with van der Waals surface area (Å²) in [6.07, 6.45) is 0. The molecule has 2 rings (SSSR count). The number of halogens is 2. The van der Waals surface area contributed by atoms with Gasteiger partial charge in [0.15, 0.2) is 0 Å². The van der Waals surface area contributed by atoms with Crippen molar-refractivity contribution in [3.63, 3.8) is 0 Å². The monoisotopic (exact) mass is 431 g/mol. The molecule has 144 valence electrons. The Morgan fingerprint density at radius 3 is 2.60 bits per heavy atom. The average molecular weight is 432 g/mol. The molecule has 7 nitrogen and oxygen atoms in total. The second-order valence-electron chi connectivity index (χ2n) is 5.47. The van der Waals surface area contributed by atoms with Crippen molar-refractivity contribution in [3.05, 3.63) is 34.9 Å². The highest BCUT2D eigenvalue weighted by Gasteiger charge is 2.34. The largest absolute Gasteiger partial charge is 0.313 e. The number of rotatable bonds is 7. The standard InChI is InChI=1S/C14H22ClN3O4S2.ClH/c1-2-23(19,20)17-8-10-24(21,22)18-9-7-16-11-14(18)12-5-3-4-6-13(12)15;/h3-6,14,16-17H,2,7-11H2,1H3;1H. The van der Waals surface area contributed by atoms with Crippen LogP contribution in [-0.4, -0.2) is 58.8 Å². The van der Waals surface area contributed by atoms with Crippen LogP contribution in [0.5, 0.6) is 0 Å². The summed E-state index contributed by atoms with van der Waals surface area (Å²) in [6, 6.07) is 6.74. The van der Waals surface area contributed by atoms with Crippen LogP contribution in [0.1, 0.15) is 18.5 Å². The van der Waals surface area contributed by atoms with E-state index >= 15 is 0 Å². The summed E-state index contributed by atoms with van der Waals surface area (Å²) in [7, 11) is -7.03. The van der Waals surface area contributed by atoms with Crippen molar-refractivity contribution < 1.29 is 16.8 Å². The number of nitrogens with one attached hydrogen (secondary N) is 2. The van der Waals surface area contributed by atoms with Gasteiger partial charge in [0.1, 0.15) is 0 Å². The molecule has 1 aromatic rings. The van der Waals surface area contributed by atoms with E-state index in [4.69, 9.17) is 11.6 Å². The number of benzene rings is 1. The quantitative estimate of drug-likeness (QED) is 0.670. The Morgan fingerprint density at radius 2 is 1.96 bits per heavy atom. The highest BCUT2D eigenvalue weighted by Crippen LogP contribution is 2.30. The molecule has 0 aliphatic carbocycles. The Hall–Kier alpha value is -0.420. The molecular weight excluding hydrogens is 409 g/mol. The fourth-order valence-electron chi connectivity index (χ4n) is 2.57. The summed E-state index contributed by atoms with van der Waals surface area (Å²) in [5, 5.41) is 3.69. The second kappa shape index (κ2) is 9.50. The molecule has 1 heterocycles. The molecule has 25 heavy (non-hydrogen) atoms. The fourth-order valence-corrected chi connectivity index (χ4v) is 5.12. The Kier molecular flexibility index (Phi) is 8.59. The molecule has 11 heteroatoms. The van der Waals surface area contributed by atoms with Crippen LogP contribution in [0.4, 0.5) is 0 Å². The zero-order valence-corrected chi connectivity index (χ0v) is 17.0. The zero-order chi connectivity index (χ0) is 17.8. The molecule has 0 aromatic heterocycles. The van der Waals surface area contributed by atoms with Gasteiger partial charge in [-0.3, -0.25) is 0 Å². The third kappa shape index (κ3) is 6.06. The average Bonchev–Trinajstić information content (AvgIpc) is 2.55. The molecule has 1 aliphatic heterocycles. The van der Waals surface area contributed by atoms with Gasteiger partial charge in [-0.15, -0.1) is 12.4 Å². The van der Waals surface area contributed by atoms with E-state index in [1.807, 2.05) is 12.1 Å². The Labute approximate surface area is 160 Å². The summed E-state index contributed by atoms with van der Waals surface area (Å²) in [5.41, 5.74) is 0.740. The molecule has 1 aliphatic rings. The van der Waals surface area contributed by atoms with Gasteiger partial charge in [0.05, 0.1) is 17.5 Å². The van der Waals surface area contributed by atoms with Crippen LogP contribution in [0.15, 0.2) is 24.3 Å². The molecule has 0 amide bonds. The minimum Gasteiger partial charge on any atom is -0.313 e. The van der Waals surface area contributed by atoms with Gasteiger partial charge in [-0.2, -0.15) is 4.31 Å². The summed E-state index contributed by atoms with van der Waals surface area (Å²) in [5.74, 6) is -0.365. The zero-order valence-electron chi connectivity index (χ0n) is 13.8. The lowest BCUT2D eigenvalue weighted by Gasteiger charge is -2.35. The van der Waals surface area contributed by atoms with Crippen LogP contribution in [0, 0.1) is 0 Å². The van der Waals surface area contributed by atoms with E-state index in [1.165, 1.54) is 11.2 Å². The molecular formula is C14H23Cl2N3O4S2. The van der Waals surface area contributed by atoms with Gasteiger partial charge in [0.2, 0.25) is 20.0 Å². The minimum absolute atomic E-state index is 0. The highest BCUT2D eigenvalue weighted by atomic mass is 35.5. The summed E-state index contributed by atoms with van der Waals surface area (Å²) in [6.45, 7) is 2.68. The third-order valence-electron chi connectivity index (χ3n) is 3.88. The van der Waals surface area contributed by atoms with E-state index < -0.39 is 26.1 Å². The van der Waals surface area contributed by atoms with Crippen LogP contribution in [-0.2, 0) is 20.0 Å². The first kappa shape index (κ1) is 22.6. The maximum absolute atomic E-state index is 12.7. The predicted molar refractivity (Wildman–Crippen MR) is 102 cm³/mol. The van der Waals surface area contributed by atoms with Crippen molar-refractivity contribution in [2.75, 3.05) is 37.7 Å². The first-order valence-electron chi connectivity index (χ1n) is 7.69. The van der Waals surface area contributed by atoms with Crippen LogP contribution >= 0.6 is 24.0 Å². The van der Waals surface area contributed by atoms with Gasteiger partial charge in [0, 0.05) is 31.2 Å². The van der Waals surface area contributed by atoms with E-state index in [0.29, 0.717) is 24.7 Å². The molecule has 1 unspecified atom stereocenters. The SMILES string of the molecule is CCS(=O)(=O)NCCS(=O)(=O)N1CCNCC1c1ccccc1Cl.Cl. The minimum atomic E-state index is -3.62. The lowest BCUT2D eigenvalue weighted by atomic mass is 10.1. The Bertz CT molecular complexity index is 772. The third-order valence-corrected chi connectivity index (χ3v) is 7.50. The molecule has 1 fully saturated rings. The first-order valence-corrected chi connectivity index (χ1v) is 11.3. The number of sulfonamides is 2. The van der Waals surface area contributed by atoms with E-state index in [-0.39, 0.29) is 30.5 Å².